The second kappa shape index (κ2) is 8.98. The Morgan fingerprint density at radius 1 is 1.18 bits per heavy atom. The van der Waals surface area contributed by atoms with Gasteiger partial charge < -0.3 is 24.9 Å². The van der Waals surface area contributed by atoms with Crippen molar-refractivity contribution in [3.63, 3.8) is 0 Å². The zero-order chi connectivity index (χ0) is 24.6. The maximum absolute atomic E-state index is 14.3. The molecule has 13 heteroatoms. The summed E-state index contributed by atoms with van der Waals surface area (Å²) in [6.07, 6.45) is 1.23. The molecule has 1 amide bonds. The molecule has 2 heterocycles. The minimum atomic E-state index is -1.13. The first kappa shape index (κ1) is 23.0. The van der Waals surface area contributed by atoms with Gasteiger partial charge in [0.1, 0.15) is 17.9 Å². The van der Waals surface area contributed by atoms with E-state index in [1.54, 1.807) is 0 Å². The lowest BCUT2D eigenvalue weighted by molar-refractivity contribution is 0.0990. The van der Waals surface area contributed by atoms with E-state index in [4.69, 9.17) is 31.5 Å². The van der Waals surface area contributed by atoms with Crippen molar-refractivity contribution in [2.75, 3.05) is 14.2 Å². The fourth-order valence-corrected chi connectivity index (χ4v) is 3.50. The molecular weight excluding hydrogens is 476 g/mol. The normalized spacial score (nSPS) is 11.0. The molecule has 0 aliphatic heterocycles. The van der Waals surface area contributed by atoms with Crippen LogP contribution >= 0.6 is 11.6 Å². The lowest BCUT2D eigenvalue weighted by Gasteiger charge is -2.16. The Balaban J connectivity index is 1.82. The molecule has 0 spiro atoms. The van der Waals surface area contributed by atoms with E-state index in [9.17, 15) is 18.4 Å². The molecule has 0 unspecified atom stereocenters. The number of methoxy groups -OCH3 is 2. The molecule has 176 valence electrons. The molecule has 10 nitrogen and oxygen atoms in total. The van der Waals surface area contributed by atoms with Crippen LogP contribution in [0.5, 0.6) is 17.2 Å². The molecule has 0 fully saturated rings. The van der Waals surface area contributed by atoms with Crippen LogP contribution in [-0.2, 0) is 6.61 Å². The van der Waals surface area contributed by atoms with Crippen molar-refractivity contribution >= 4 is 28.7 Å². The van der Waals surface area contributed by atoms with Crippen molar-refractivity contribution in [3.8, 4) is 22.9 Å². The number of rotatable bonds is 7. The SMILES string of the molecule is COc1cc(Cl)c(-n2c(=O)[nH]c3cnc(C(N)=O)nc32)cc1OCc1c(OC)ccc(F)c1F. The van der Waals surface area contributed by atoms with Crippen LogP contribution < -0.4 is 25.6 Å². The van der Waals surface area contributed by atoms with Gasteiger partial charge in [0, 0.05) is 12.1 Å². The topological polar surface area (TPSA) is 134 Å². The number of nitrogens with zero attached hydrogens (tertiary/aromatic N) is 3. The van der Waals surface area contributed by atoms with Crippen molar-refractivity contribution < 1.29 is 27.8 Å². The second-order valence-electron chi connectivity index (χ2n) is 6.85. The Kier molecular flexibility index (Phi) is 6.07. The molecule has 0 aliphatic carbocycles. The number of halogens is 3. The molecule has 4 rings (SSSR count). The number of amides is 1. The highest BCUT2D eigenvalue weighted by Crippen LogP contribution is 2.37. The molecule has 0 radical (unpaired) electrons. The van der Waals surface area contributed by atoms with Gasteiger partial charge in [0.15, 0.2) is 28.8 Å². The fourth-order valence-electron chi connectivity index (χ4n) is 3.26. The molecule has 0 aliphatic rings. The Hall–Kier alpha value is -4.19. The predicted molar refractivity (Wildman–Crippen MR) is 117 cm³/mol. The molecule has 3 N–H and O–H groups in total. The van der Waals surface area contributed by atoms with Gasteiger partial charge in [0.05, 0.1) is 36.7 Å². The summed E-state index contributed by atoms with van der Waals surface area (Å²) in [5.74, 6) is -3.11. The van der Waals surface area contributed by atoms with Gasteiger partial charge in [-0.25, -0.2) is 28.1 Å². The van der Waals surface area contributed by atoms with Gasteiger partial charge in [-0.1, -0.05) is 11.6 Å². The van der Waals surface area contributed by atoms with Crippen LogP contribution in [-0.4, -0.2) is 39.6 Å². The van der Waals surface area contributed by atoms with Crippen molar-refractivity contribution in [1.29, 1.82) is 0 Å². The van der Waals surface area contributed by atoms with E-state index in [1.165, 1.54) is 38.6 Å². The van der Waals surface area contributed by atoms with E-state index in [-0.39, 0.29) is 50.5 Å². The van der Waals surface area contributed by atoms with Gasteiger partial charge in [-0.2, -0.15) is 0 Å². The quantitative estimate of drug-likeness (QED) is 0.406. The van der Waals surface area contributed by atoms with Crippen molar-refractivity contribution in [2.45, 2.75) is 6.61 Å². The number of nitrogens with one attached hydrogen (secondary N) is 1. The average molecular weight is 492 g/mol. The highest BCUT2D eigenvalue weighted by Gasteiger charge is 2.20. The number of carbonyl (C=O) groups excluding carboxylic acids is 1. The third-order valence-electron chi connectivity index (χ3n) is 4.86. The maximum Gasteiger partial charge on any atom is 0.332 e. The number of nitrogens with two attached hydrogens (primary N) is 1. The second-order valence-corrected chi connectivity index (χ2v) is 7.25. The van der Waals surface area contributed by atoms with Gasteiger partial charge in [0.2, 0.25) is 5.82 Å². The van der Waals surface area contributed by atoms with Crippen LogP contribution in [0.3, 0.4) is 0 Å². The zero-order valence-electron chi connectivity index (χ0n) is 17.7. The third kappa shape index (κ3) is 3.99. The zero-order valence-corrected chi connectivity index (χ0v) is 18.4. The first-order chi connectivity index (χ1) is 16.2. The Morgan fingerprint density at radius 3 is 2.59 bits per heavy atom. The van der Waals surface area contributed by atoms with Crippen LogP contribution in [0.1, 0.15) is 16.2 Å². The Labute approximate surface area is 194 Å². The third-order valence-corrected chi connectivity index (χ3v) is 5.17. The van der Waals surface area contributed by atoms with Crippen LogP contribution in [0.4, 0.5) is 8.78 Å². The Bertz CT molecular complexity index is 1490. The Morgan fingerprint density at radius 2 is 1.91 bits per heavy atom. The summed E-state index contributed by atoms with van der Waals surface area (Å²) < 4.78 is 45.2. The number of aromatic amines is 1. The smallest absolute Gasteiger partial charge is 0.332 e. The first-order valence-electron chi connectivity index (χ1n) is 9.54. The number of H-pyrrole nitrogens is 1. The molecule has 4 aromatic rings. The van der Waals surface area contributed by atoms with Gasteiger partial charge in [0.25, 0.3) is 5.91 Å². The van der Waals surface area contributed by atoms with Crippen LogP contribution in [0.15, 0.2) is 35.3 Å². The number of carbonyl (C=O) groups is 1. The number of imidazole rings is 1. The van der Waals surface area contributed by atoms with E-state index in [2.05, 4.69) is 15.0 Å². The van der Waals surface area contributed by atoms with Crippen molar-refractivity contribution in [1.82, 2.24) is 19.5 Å². The minimum absolute atomic E-state index is 0.0321. The van der Waals surface area contributed by atoms with E-state index in [0.29, 0.717) is 0 Å². The molecule has 0 atom stereocenters. The number of ether oxygens (including phenoxy) is 3. The van der Waals surface area contributed by atoms with Gasteiger partial charge in [-0.15, -0.1) is 0 Å². The molecular formula is C21H16ClF2N5O5. The first-order valence-corrected chi connectivity index (χ1v) is 9.92. The van der Waals surface area contributed by atoms with E-state index in [0.717, 1.165) is 10.6 Å². The summed E-state index contributed by atoms with van der Waals surface area (Å²) in [5, 5.41) is 0.0703. The van der Waals surface area contributed by atoms with Crippen LogP contribution in [0.2, 0.25) is 5.02 Å². The molecule has 2 aromatic carbocycles. The lowest BCUT2D eigenvalue weighted by atomic mass is 10.2. The summed E-state index contributed by atoms with van der Waals surface area (Å²) in [6, 6.07) is 4.92. The number of aromatic nitrogens is 4. The number of hydrogen-bond donors (Lipinski definition) is 2. The number of hydrogen-bond acceptors (Lipinski definition) is 7. The van der Waals surface area contributed by atoms with E-state index >= 15 is 0 Å². The van der Waals surface area contributed by atoms with E-state index < -0.39 is 29.8 Å². The van der Waals surface area contributed by atoms with Crippen LogP contribution in [0, 0.1) is 11.6 Å². The molecule has 0 saturated carbocycles. The summed E-state index contributed by atoms with van der Waals surface area (Å²) in [7, 11) is 2.66. The van der Waals surface area contributed by atoms with Crippen molar-refractivity contribution in [2.24, 2.45) is 5.73 Å². The monoisotopic (exact) mass is 491 g/mol. The van der Waals surface area contributed by atoms with Gasteiger partial charge in [-0.05, 0) is 12.1 Å². The average Bonchev–Trinajstić information content (AvgIpc) is 3.15. The van der Waals surface area contributed by atoms with Crippen molar-refractivity contribution in [3.05, 3.63) is 69.0 Å². The summed E-state index contributed by atoms with van der Waals surface area (Å²) >= 11 is 6.38. The fraction of sp³-hybridized carbons (Fsp3) is 0.143. The van der Waals surface area contributed by atoms with Gasteiger partial charge in [-0.3, -0.25) is 4.79 Å². The molecule has 0 saturated heterocycles. The number of fused-ring (bicyclic) bond motifs is 1. The largest absolute Gasteiger partial charge is 0.496 e. The molecule has 2 aromatic heterocycles. The minimum Gasteiger partial charge on any atom is -0.496 e. The summed E-state index contributed by atoms with van der Waals surface area (Å²) in [5.41, 5.74) is 4.80. The predicted octanol–water partition coefficient (Wildman–Crippen LogP) is 2.74. The maximum atomic E-state index is 14.3. The summed E-state index contributed by atoms with van der Waals surface area (Å²) in [4.78, 5) is 34.5. The highest BCUT2D eigenvalue weighted by molar-refractivity contribution is 6.32. The summed E-state index contributed by atoms with van der Waals surface area (Å²) in [6.45, 7) is -0.430. The molecule has 0 bridgehead atoms. The highest BCUT2D eigenvalue weighted by atomic mass is 35.5. The lowest BCUT2D eigenvalue weighted by Crippen LogP contribution is -2.18. The van der Waals surface area contributed by atoms with E-state index in [1.807, 2.05) is 0 Å². The number of primary amides is 1. The van der Waals surface area contributed by atoms with Crippen LogP contribution in [0.25, 0.3) is 16.9 Å². The molecule has 34 heavy (non-hydrogen) atoms. The van der Waals surface area contributed by atoms with Gasteiger partial charge >= 0.3 is 5.69 Å². The number of benzene rings is 2. The standard InChI is InChI=1S/C21H16ClF2N5O5/c1-32-14-4-3-11(23)17(24)9(14)8-34-16-6-13(10(22)5-15(16)33-2)29-20-12(27-21(29)31)7-26-19(28-20)18(25)30/h3-7H,8H2,1-2H3,(H2,25,30)(H,27,31).